The maximum absolute atomic E-state index is 12.0. The molecule has 1 unspecified atom stereocenters. The van der Waals surface area contributed by atoms with Gasteiger partial charge in [-0.15, -0.1) is 0 Å². The maximum Gasteiger partial charge on any atom is 0.238 e. The fraction of sp³-hybridized carbons (Fsp3) is 0.588. The molecule has 1 aliphatic heterocycles. The molecule has 4 nitrogen and oxygen atoms in total. The van der Waals surface area contributed by atoms with Crippen LogP contribution in [0.5, 0.6) is 0 Å². The second kappa shape index (κ2) is 7.57. The molecular formula is C17H26N2O2. The van der Waals surface area contributed by atoms with Gasteiger partial charge < -0.3 is 9.64 Å². The Hall–Kier alpha value is -1.39. The zero-order valence-corrected chi connectivity index (χ0v) is 13.3. The van der Waals surface area contributed by atoms with Gasteiger partial charge in [-0.1, -0.05) is 38.1 Å². The molecule has 0 aliphatic carbocycles. The summed E-state index contributed by atoms with van der Waals surface area (Å²) in [6.07, 6.45) is 0.877. The SMILES string of the molecule is CCOCCCN1C(=O)CNC1c1ccc(C(C)C)cc1. The van der Waals surface area contributed by atoms with E-state index in [9.17, 15) is 4.79 Å². The largest absolute Gasteiger partial charge is 0.382 e. The van der Waals surface area contributed by atoms with Gasteiger partial charge in [-0.2, -0.15) is 0 Å². The molecule has 4 heteroatoms. The molecule has 0 aromatic heterocycles. The minimum atomic E-state index is 0.000314. The summed E-state index contributed by atoms with van der Waals surface area (Å²) in [4.78, 5) is 13.9. The van der Waals surface area contributed by atoms with Crippen LogP contribution in [0, 0.1) is 0 Å². The lowest BCUT2D eigenvalue weighted by atomic mass is 10.0. The van der Waals surface area contributed by atoms with E-state index in [0.717, 1.165) is 25.1 Å². The van der Waals surface area contributed by atoms with E-state index in [4.69, 9.17) is 4.74 Å². The van der Waals surface area contributed by atoms with Crippen molar-refractivity contribution in [2.24, 2.45) is 0 Å². The van der Waals surface area contributed by atoms with Crippen molar-refractivity contribution >= 4 is 5.91 Å². The Morgan fingerprint density at radius 3 is 2.67 bits per heavy atom. The first-order valence-electron chi connectivity index (χ1n) is 7.84. The molecule has 1 fully saturated rings. The zero-order valence-electron chi connectivity index (χ0n) is 13.3. The number of nitrogens with zero attached hydrogens (tertiary/aromatic N) is 1. The number of hydrogen-bond acceptors (Lipinski definition) is 3. The van der Waals surface area contributed by atoms with E-state index in [1.54, 1.807) is 0 Å². The predicted molar refractivity (Wildman–Crippen MR) is 84.1 cm³/mol. The van der Waals surface area contributed by atoms with Crippen LogP contribution in [0.1, 0.15) is 50.4 Å². The Bertz CT molecular complexity index is 456. The molecule has 1 amide bonds. The Kier molecular flexibility index (Phi) is 5.76. The number of rotatable bonds is 7. The molecule has 0 spiro atoms. The van der Waals surface area contributed by atoms with E-state index in [2.05, 4.69) is 43.4 Å². The van der Waals surface area contributed by atoms with Gasteiger partial charge in [0.25, 0.3) is 0 Å². The number of amides is 1. The van der Waals surface area contributed by atoms with Crippen molar-refractivity contribution in [3.05, 3.63) is 35.4 Å². The fourth-order valence-electron chi connectivity index (χ4n) is 2.64. The Labute approximate surface area is 127 Å². The van der Waals surface area contributed by atoms with Gasteiger partial charge in [-0.25, -0.2) is 0 Å². The number of nitrogens with one attached hydrogen (secondary N) is 1. The lowest BCUT2D eigenvalue weighted by Gasteiger charge is -2.25. The van der Waals surface area contributed by atoms with E-state index in [1.807, 2.05) is 11.8 Å². The summed E-state index contributed by atoms with van der Waals surface area (Å²) in [5, 5.41) is 3.30. The lowest BCUT2D eigenvalue weighted by Crippen LogP contribution is -2.31. The number of hydrogen-bond donors (Lipinski definition) is 1. The maximum atomic E-state index is 12.0. The van der Waals surface area contributed by atoms with E-state index in [0.29, 0.717) is 19.1 Å². The third-order valence-electron chi connectivity index (χ3n) is 3.89. The molecule has 1 atom stereocenters. The van der Waals surface area contributed by atoms with Crippen molar-refractivity contribution in [2.45, 2.75) is 39.3 Å². The highest BCUT2D eigenvalue weighted by Crippen LogP contribution is 2.24. The highest BCUT2D eigenvalue weighted by atomic mass is 16.5. The Morgan fingerprint density at radius 2 is 2.05 bits per heavy atom. The molecule has 1 aromatic rings. The smallest absolute Gasteiger partial charge is 0.238 e. The van der Waals surface area contributed by atoms with Crippen molar-refractivity contribution in [3.8, 4) is 0 Å². The van der Waals surface area contributed by atoms with Gasteiger partial charge >= 0.3 is 0 Å². The normalized spacial score (nSPS) is 18.8. The van der Waals surface area contributed by atoms with Crippen LogP contribution in [0.25, 0.3) is 0 Å². The number of ether oxygens (including phenoxy) is 1. The van der Waals surface area contributed by atoms with E-state index >= 15 is 0 Å². The fourth-order valence-corrected chi connectivity index (χ4v) is 2.64. The number of benzene rings is 1. The minimum absolute atomic E-state index is 0.000314. The topological polar surface area (TPSA) is 41.6 Å². The van der Waals surface area contributed by atoms with Crippen LogP contribution < -0.4 is 5.32 Å². The van der Waals surface area contributed by atoms with Crippen molar-refractivity contribution in [1.29, 1.82) is 0 Å². The van der Waals surface area contributed by atoms with Gasteiger partial charge in [0.05, 0.1) is 6.54 Å². The van der Waals surface area contributed by atoms with Gasteiger partial charge in [0.15, 0.2) is 0 Å². The molecule has 1 aliphatic rings. The predicted octanol–water partition coefficient (Wildman–Crippen LogP) is 2.67. The first-order chi connectivity index (χ1) is 10.1. The second-order valence-corrected chi connectivity index (χ2v) is 5.74. The summed E-state index contributed by atoms with van der Waals surface area (Å²) < 4.78 is 5.35. The minimum Gasteiger partial charge on any atom is -0.382 e. The second-order valence-electron chi connectivity index (χ2n) is 5.74. The molecule has 0 saturated carbocycles. The Balaban J connectivity index is 2.01. The quantitative estimate of drug-likeness (QED) is 0.785. The van der Waals surface area contributed by atoms with Gasteiger partial charge in [-0.3, -0.25) is 10.1 Å². The van der Waals surface area contributed by atoms with Gasteiger partial charge in [0.2, 0.25) is 5.91 Å². The van der Waals surface area contributed by atoms with Gasteiger partial charge in [-0.05, 0) is 30.4 Å². The summed E-state index contributed by atoms with van der Waals surface area (Å²) in [5.74, 6) is 0.698. The number of carbonyl (C=O) groups is 1. The number of carbonyl (C=O) groups excluding carboxylic acids is 1. The van der Waals surface area contributed by atoms with E-state index in [1.165, 1.54) is 5.56 Å². The monoisotopic (exact) mass is 290 g/mol. The standard InChI is InChI=1S/C17H26N2O2/c1-4-21-11-5-10-19-16(20)12-18-17(19)15-8-6-14(7-9-15)13(2)3/h6-9,13,17-18H,4-5,10-12H2,1-3H3. The van der Waals surface area contributed by atoms with E-state index in [-0.39, 0.29) is 12.1 Å². The van der Waals surface area contributed by atoms with Crippen LogP contribution in [0.15, 0.2) is 24.3 Å². The molecule has 0 radical (unpaired) electrons. The van der Waals surface area contributed by atoms with Crippen molar-refractivity contribution in [3.63, 3.8) is 0 Å². The Morgan fingerprint density at radius 1 is 1.33 bits per heavy atom. The summed E-state index contributed by atoms with van der Waals surface area (Å²) in [6.45, 7) is 8.96. The van der Waals surface area contributed by atoms with Crippen molar-refractivity contribution in [2.75, 3.05) is 26.3 Å². The van der Waals surface area contributed by atoms with Gasteiger partial charge in [0.1, 0.15) is 6.17 Å². The van der Waals surface area contributed by atoms with Crippen LogP contribution in [0.2, 0.25) is 0 Å². The summed E-state index contributed by atoms with van der Waals surface area (Å²) in [6, 6.07) is 8.56. The van der Waals surface area contributed by atoms with Crippen molar-refractivity contribution < 1.29 is 9.53 Å². The molecule has 116 valence electrons. The third kappa shape index (κ3) is 4.05. The summed E-state index contributed by atoms with van der Waals surface area (Å²) in [7, 11) is 0. The molecule has 21 heavy (non-hydrogen) atoms. The molecule has 1 saturated heterocycles. The van der Waals surface area contributed by atoms with Crippen LogP contribution in [0.4, 0.5) is 0 Å². The highest BCUT2D eigenvalue weighted by Gasteiger charge is 2.30. The molecular weight excluding hydrogens is 264 g/mol. The van der Waals surface area contributed by atoms with Crippen LogP contribution in [0.3, 0.4) is 0 Å². The van der Waals surface area contributed by atoms with Gasteiger partial charge in [0, 0.05) is 19.8 Å². The van der Waals surface area contributed by atoms with Crippen LogP contribution >= 0.6 is 0 Å². The van der Waals surface area contributed by atoms with Crippen LogP contribution in [-0.2, 0) is 9.53 Å². The molecule has 1 N–H and O–H groups in total. The molecule has 1 heterocycles. The zero-order chi connectivity index (χ0) is 15.2. The third-order valence-corrected chi connectivity index (χ3v) is 3.89. The summed E-state index contributed by atoms with van der Waals surface area (Å²) >= 11 is 0. The molecule has 0 bridgehead atoms. The van der Waals surface area contributed by atoms with E-state index < -0.39 is 0 Å². The molecule has 2 rings (SSSR count). The van der Waals surface area contributed by atoms with Crippen molar-refractivity contribution in [1.82, 2.24) is 10.2 Å². The average molecular weight is 290 g/mol. The highest BCUT2D eigenvalue weighted by molar-refractivity contribution is 5.80. The summed E-state index contributed by atoms with van der Waals surface area (Å²) in [5.41, 5.74) is 2.48. The average Bonchev–Trinajstić information content (AvgIpc) is 2.85. The first kappa shape index (κ1) is 16.0. The first-order valence-corrected chi connectivity index (χ1v) is 7.84. The molecule has 1 aromatic carbocycles. The van der Waals surface area contributed by atoms with Crippen LogP contribution in [-0.4, -0.2) is 37.1 Å². The lowest BCUT2D eigenvalue weighted by molar-refractivity contribution is -0.128.